The summed E-state index contributed by atoms with van der Waals surface area (Å²) in [5.41, 5.74) is 8.51. The summed E-state index contributed by atoms with van der Waals surface area (Å²) in [5.74, 6) is -0.227. The van der Waals surface area contributed by atoms with E-state index in [0.717, 1.165) is 11.1 Å². The van der Waals surface area contributed by atoms with Crippen molar-refractivity contribution in [2.75, 3.05) is 6.61 Å². The topological polar surface area (TPSA) is 46.2 Å². The Morgan fingerprint density at radius 1 is 1.36 bits per heavy atom. The zero-order valence-electron chi connectivity index (χ0n) is 8.76. The zero-order valence-corrected chi connectivity index (χ0v) is 8.76. The first-order chi connectivity index (χ1) is 6.49. The van der Waals surface area contributed by atoms with Gasteiger partial charge < -0.3 is 10.8 Å². The molecule has 0 aliphatic heterocycles. The molecule has 1 rings (SSSR count). The number of halogens is 1. The van der Waals surface area contributed by atoms with Crippen molar-refractivity contribution in [1.29, 1.82) is 0 Å². The summed E-state index contributed by atoms with van der Waals surface area (Å²) in [7, 11) is 0. The quantitative estimate of drug-likeness (QED) is 0.758. The van der Waals surface area contributed by atoms with Gasteiger partial charge in [-0.3, -0.25) is 0 Å². The molecule has 0 saturated carbocycles. The van der Waals surface area contributed by atoms with E-state index in [0.29, 0.717) is 11.1 Å². The summed E-state index contributed by atoms with van der Waals surface area (Å²) in [6, 6.07) is 1.26. The van der Waals surface area contributed by atoms with Crippen LogP contribution < -0.4 is 5.73 Å². The van der Waals surface area contributed by atoms with Crippen LogP contribution in [0.25, 0.3) is 0 Å². The van der Waals surface area contributed by atoms with Gasteiger partial charge in [0.2, 0.25) is 0 Å². The highest BCUT2D eigenvalue weighted by Gasteiger charge is 2.15. The van der Waals surface area contributed by atoms with E-state index in [-0.39, 0.29) is 12.4 Å². The SMILES string of the molecule is Cc1cc(C)c(C(N)CO)c(C)c1F. The standard InChI is InChI=1S/C11H16FNO/c1-6-4-7(2)11(12)8(3)10(6)9(13)5-14/h4,9,14H,5,13H2,1-3H3. The lowest BCUT2D eigenvalue weighted by atomic mass is 9.94. The minimum absolute atomic E-state index is 0.163. The van der Waals surface area contributed by atoms with Crippen LogP contribution in [0.5, 0.6) is 0 Å². The molecule has 1 atom stereocenters. The fourth-order valence-corrected chi connectivity index (χ4v) is 1.84. The number of hydrogen-bond acceptors (Lipinski definition) is 2. The second-order valence-electron chi connectivity index (χ2n) is 3.65. The molecule has 0 saturated heterocycles. The van der Waals surface area contributed by atoms with Crippen LogP contribution >= 0.6 is 0 Å². The lowest BCUT2D eigenvalue weighted by molar-refractivity contribution is 0.267. The number of benzene rings is 1. The fourth-order valence-electron chi connectivity index (χ4n) is 1.84. The minimum atomic E-state index is -0.495. The van der Waals surface area contributed by atoms with Gasteiger partial charge in [-0.05, 0) is 43.0 Å². The van der Waals surface area contributed by atoms with Crippen LogP contribution in [0.3, 0.4) is 0 Å². The van der Waals surface area contributed by atoms with Crippen molar-refractivity contribution >= 4 is 0 Å². The predicted octanol–water partition coefficient (Wildman–Crippen LogP) is 1.74. The molecule has 3 heteroatoms. The van der Waals surface area contributed by atoms with E-state index in [4.69, 9.17) is 10.8 Å². The fraction of sp³-hybridized carbons (Fsp3) is 0.455. The number of aliphatic hydroxyl groups excluding tert-OH is 1. The maximum atomic E-state index is 13.5. The number of aliphatic hydroxyl groups is 1. The molecule has 0 aliphatic rings. The lowest BCUT2D eigenvalue weighted by Gasteiger charge is -2.17. The molecule has 0 fully saturated rings. The summed E-state index contributed by atoms with van der Waals surface area (Å²) in [6.07, 6.45) is 0. The van der Waals surface area contributed by atoms with Gasteiger partial charge in [-0.2, -0.15) is 0 Å². The summed E-state index contributed by atoms with van der Waals surface area (Å²) in [6.45, 7) is 5.14. The first-order valence-electron chi connectivity index (χ1n) is 4.61. The van der Waals surface area contributed by atoms with Gasteiger partial charge in [0.05, 0.1) is 12.6 Å². The van der Waals surface area contributed by atoms with E-state index in [1.165, 1.54) is 0 Å². The number of aryl methyl sites for hydroxylation is 2. The first-order valence-corrected chi connectivity index (χ1v) is 4.61. The van der Waals surface area contributed by atoms with Gasteiger partial charge in [0, 0.05) is 0 Å². The van der Waals surface area contributed by atoms with E-state index in [2.05, 4.69) is 0 Å². The van der Waals surface area contributed by atoms with Crippen LogP contribution in [0.2, 0.25) is 0 Å². The third-order valence-corrected chi connectivity index (χ3v) is 2.50. The Kier molecular flexibility index (Phi) is 3.24. The van der Waals surface area contributed by atoms with Crippen molar-refractivity contribution in [3.05, 3.63) is 34.1 Å². The van der Waals surface area contributed by atoms with Gasteiger partial charge in [-0.1, -0.05) is 6.07 Å². The monoisotopic (exact) mass is 197 g/mol. The number of hydrogen-bond donors (Lipinski definition) is 2. The van der Waals surface area contributed by atoms with E-state index in [9.17, 15) is 4.39 Å². The van der Waals surface area contributed by atoms with Gasteiger partial charge in [-0.25, -0.2) is 4.39 Å². The van der Waals surface area contributed by atoms with Crippen LogP contribution in [-0.4, -0.2) is 11.7 Å². The second-order valence-corrected chi connectivity index (χ2v) is 3.65. The van der Waals surface area contributed by atoms with Crippen LogP contribution in [0.1, 0.15) is 28.3 Å². The van der Waals surface area contributed by atoms with Gasteiger partial charge >= 0.3 is 0 Å². The predicted molar refractivity (Wildman–Crippen MR) is 54.6 cm³/mol. The maximum absolute atomic E-state index is 13.5. The highest BCUT2D eigenvalue weighted by Crippen LogP contribution is 2.24. The summed E-state index contributed by atoms with van der Waals surface area (Å²) in [5, 5.41) is 8.95. The highest BCUT2D eigenvalue weighted by atomic mass is 19.1. The lowest BCUT2D eigenvalue weighted by Crippen LogP contribution is -2.18. The van der Waals surface area contributed by atoms with E-state index in [1.54, 1.807) is 19.9 Å². The molecule has 1 aromatic rings. The number of nitrogens with two attached hydrogens (primary N) is 1. The molecular formula is C11H16FNO. The van der Waals surface area contributed by atoms with Crippen molar-refractivity contribution in [2.24, 2.45) is 5.73 Å². The molecule has 3 N–H and O–H groups in total. The Bertz CT molecular complexity index is 350. The molecule has 0 bridgehead atoms. The molecule has 0 amide bonds. The third kappa shape index (κ3) is 1.79. The smallest absolute Gasteiger partial charge is 0.129 e. The Balaban J connectivity index is 3.36. The van der Waals surface area contributed by atoms with Crippen LogP contribution in [0.4, 0.5) is 4.39 Å². The van der Waals surface area contributed by atoms with Gasteiger partial charge in [0.25, 0.3) is 0 Å². The van der Waals surface area contributed by atoms with Crippen LogP contribution in [-0.2, 0) is 0 Å². The number of rotatable bonds is 2. The third-order valence-electron chi connectivity index (χ3n) is 2.50. The van der Waals surface area contributed by atoms with E-state index < -0.39 is 6.04 Å². The highest BCUT2D eigenvalue weighted by molar-refractivity contribution is 5.40. The van der Waals surface area contributed by atoms with Gasteiger partial charge in [-0.15, -0.1) is 0 Å². The molecule has 14 heavy (non-hydrogen) atoms. The Labute approximate surface area is 83.6 Å². The average Bonchev–Trinajstić information content (AvgIpc) is 2.14. The van der Waals surface area contributed by atoms with Crippen molar-refractivity contribution in [2.45, 2.75) is 26.8 Å². The average molecular weight is 197 g/mol. The Hall–Kier alpha value is -0.930. The minimum Gasteiger partial charge on any atom is -0.394 e. The molecular weight excluding hydrogens is 181 g/mol. The van der Waals surface area contributed by atoms with E-state index >= 15 is 0 Å². The Morgan fingerprint density at radius 2 is 1.93 bits per heavy atom. The molecule has 1 aromatic carbocycles. The van der Waals surface area contributed by atoms with Crippen LogP contribution in [0.15, 0.2) is 6.07 Å². The second kappa shape index (κ2) is 4.07. The summed E-state index contributed by atoms with van der Waals surface area (Å²) >= 11 is 0. The van der Waals surface area contributed by atoms with E-state index in [1.807, 2.05) is 6.92 Å². The normalized spacial score (nSPS) is 13.0. The molecule has 2 nitrogen and oxygen atoms in total. The maximum Gasteiger partial charge on any atom is 0.129 e. The summed E-state index contributed by atoms with van der Waals surface area (Å²) in [4.78, 5) is 0. The molecule has 0 aromatic heterocycles. The van der Waals surface area contributed by atoms with Crippen LogP contribution in [0, 0.1) is 26.6 Å². The van der Waals surface area contributed by atoms with Crippen molar-refractivity contribution in [1.82, 2.24) is 0 Å². The molecule has 0 aliphatic carbocycles. The van der Waals surface area contributed by atoms with Gasteiger partial charge in [0.15, 0.2) is 0 Å². The first kappa shape index (κ1) is 11.1. The molecule has 1 unspecified atom stereocenters. The largest absolute Gasteiger partial charge is 0.394 e. The summed E-state index contributed by atoms with van der Waals surface area (Å²) < 4.78 is 13.5. The van der Waals surface area contributed by atoms with Crippen molar-refractivity contribution in [3.8, 4) is 0 Å². The van der Waals surface area contributed by atoms with Crippen molar-refractivity contribution in [3.63, 3.8) is 0 Å². The molecule has 0 radical (unpaired) electrons. The molecule has 0 spiro atoms. The van der Waals surface area contributed by atoms with Gasteiger partial charge in [0.1, 0.15) is 5.82 Å². The Morgan fingerprint density at radius 3 is 2.43 bits per heavy atom. The van der Waals surface area contributed by atoms with Crippen molar-refractivity contribution < 1.29 is 9.50 Å². The molecule has 0 heterocycles. The zero-order chi connectivity index (χ0) is 10.9. The molecule has 78 valence electrons.